The van der Waals surface area contributed by atoms with Gasteiger partial charge >= 0.3 is 6.03 Å². The summed E-state index contributed by atoms with van der Waals surface area (Å²) in [4.78, 5) is 12.1. The molecule has 1 aliphatic rings. The Morgan fingerprint density at radius 1 is 1.40 bits per heavy atom. The van der Waals surface area contributed by atoms with Gasteiger partial charge in [-0.15, -0.1) is 0 Å². The highest BCUT2D eigenvalue weighted by Gasteiger charge is 2.30. The van der Waals surface area contributed by atoms with Crippen LogP contribution in [0.25, 0.3) is 0 Å². The third-order valence-corrected chi connectivity index (χ3v) is 2.28. The van der Waals surface area contributed by atoms with Gasteiger partial charge in [0.2, 0.25) is 0 Å². The van der Waals surface area contributed by atoms with Crippen molar-refractivity contribution in [2.75, 3.05) is 13.1 Å². The van der Waals surface area contributed by atoms with Gasteiger partial charge in [0.15, 0.2) is 0 Å². The number of carbonyl (C=O) groups excluding carboxylic acids is 1. The maximum absolute atomic E-state index is 12.6. The monoisotopic (exact) mass is 210 g/mol. The van der Waals surface area contributed by atoms with Gasteiger partial charge in [0.25, 0.3) is 0 Å². The van der Waals surface area contributed by atoms with Crippen LogP contribution in [0.15, 0.2) is 24.3 Å². The molecule has 0 saturated carbocycles. The number of amides is 2. The van der Waals surface area contributed by atoms with Gasteiger partial charge in [-0.25, -0.2) is 9.18 Å². The SMILES string of the molecule is NC(=O)N1CC(Oc2ccc(F)cc2)C1. The summed E-state index contributed by atoms with van der Waals surface area (Å²) in [6.45, 7) is 0.986. The van der Waals surface area contributed by atoms with Crippen LogP contribution >= 0.6 is 0 Å². The van der Waals surface area contributed by atoms with Crippen molar-refractivity contribution in [2.24, 2.45) is 5.73 Å². The molecule has 0 atom stereocenters. The zero-order chi connectivity index (χ0) is 10.8. The molecule has 2 rings (SSSR count). The normalized spacial score (nSPS) is 15.9. The summed E-state index contributed by atoms with van der Waals surface area (Å²) in [5.74, 6) is 0.306. The van der Waals surface area contributed by atoms with Gasteiger partial charge in [-0.05, 0) is 24.3 Å². The van der Waals surface area contributed by atoms with Crippen molar-refractivity contribution >= 4 is 6.03 Å². The van der Waals surface area contributed by atoms with E-state index in [4.69, 9.17) is 10.5 Å². The number of halogens is 1. The van der Waals surface area contributed by atoms with Crippen LogP contribution in [0.2, 0.25) is 0 Å². The van der Waals surface area contributed by atoms with Crippen LogP contribution in [0, 0.1) is 5.82 Å². The average molecular weight is 210 g/mol. The molecule has 1 saturated heterocycles. The number of hydrogen-bond donors (Lipinski definition) is 1. The van der Waals surface area contributed by atoms with Crippen LogP contribution in [0.3, 0.4) is 0 Å². The molecule has 1 aromatic rings. The number of urea groups is 1. The largest absolute Gasteiger partial charge is 0.487 e. The summed E-state index contributed by atoms with van der Waals surface area (Å²) >= 11 is 0. The molecule has 80 valence electrons. The first-order chi connectivity index (χ1) is 7.15. The van der Waals surface area contributed by atoms with Crippen LogP contribution in [0.5, 0.6) is 5.75 Å². The van der Waals surface area contributed by atoms with Crippen LogP contribution in [-0.2, 0) is 0 Å². The van der Waals surface area contributed by atoms with Crippen molar-refractivity contribution in [1.29, 1.82) is 0 Å². The highest BCUT2D eigenvalue weighted by molar-refractivity contribution is 5.73. The number of likely N-dealkylation sites (tertiary alicyclic amines) is 1. The number of nitrogens with zero attached hydrogens (tertiary/aromatic N) is 1. The van der Waals surface area contributed by atoms with Crippen molar-refractivity contribution in [2.45, 2.75) is 6.10 Å². The smallest absolute Gasteiger partial charge is 0.315 e. The summed E-state index contributed by atoms with van der Waals surface area (Å²) in [7, 11) is 0. The van der Waals surface area contributed by atoms with Crippen molar-refractivity contribution in [3.63, 3.8) is 0 Å². The molecule has 0 aliphatic carbocycles. The number of benzene rings is 1. The summed E-state index contributed by atoms with van der Waals surface area (Å²) in [6, 6.07) is 5.35. The van der Waals surface area contributed by atoms with Crippen molar-refractivity contribution in [3.05, 3.63) is 30.1 Å². The first-order valence-corrected chi connectivity index (χ1v) is 4.62. The maximum atomic E-state index is 12.6. The molecule has 1 heterocycles. The Morgan fingerprint density at radius 2 is 2.00 bits per heavy atom. The minimum Gasteiger partial charge on any atom is -0.487 e. The Labute approximate surface area is 86.4 Å². The molecule has 2 N–H and O–H groups in total. The summed E-state index contributed by atoms with van der Waals surface area (Å²) in [6.07, 6.45) is -0.0389. The van der Waals surface area contributed by atoms with Crippen LogP contribution in [0.4, 0.5) is 9.18 Å². The lowest BCUT2D eigenvalue weighted by molar-refractivity contribution is 0.0476. The van der Waals surface area contributed by atoms with E-state index in [1.54, 1.807) is 12.1 Å². The summed E-state index contributed by atoms with van der Waals surface area (Å²) in [5, 5.41) is 0. The summed E-state index contributed by atoms with van der Waals surface area (Å²) in [5.41, 5.74) is 5.06. The molecule has 0 radical (unpaired) electrons. The first kappa shape index (κ1) is 9.76. The molecule has 15 heavy (non-hydrogen) atoms. The Bertz CT molecular complexity index is 360. The molecule has 1 aliphatic heterocycles. The number of carbonyl (C=O) groups is 1. The Hall–Kier alpha value is -1.78. The fourth-order valence-corrected chi connectivity index (χ4v) is 1.40. The molecule has 4 nitrogen and oxygen atoms in total. The number of ether oxygens (including phenoxy) is 1. The highest BCUT2D eigenvalue weighted by Crippen LogP contribution is 2.17. The fourth-order valence-electron chi connectivity index (χ4n) is 1.40. The minimum absolute atomic E-state index is 0.0389. The molecule has 1 aromatic carbocycles. The summed E-state index contributed by atoms with van der Waals surface area (Å²) < 4.78 is 18.0. The second-order valence-electron chi connectivity index (χ2n) is 3.44. The van der Waals surface area contributed by atoms with Crippen LogP contribution in [-0.4, -0.2) is 30.1 Å². The van der Waals surface area contributed by atoms with Crippen LogP contribution < -0.4 is 10.5 Å². The number of hydrogen-bond acceptors (Lipinski definition) is 2. The second kappa shape index (κ2) is 3.76. The Kier molecular flexibility index (Phi) is 2.45. The number of nitrogens with two attached hydrogens (primary N) is 1. The molecule has 1 fully saturated rings. The topological polar surface area (TPSA) is 55.6 Å². The van der Waals surface area contributed by atoms with Gasteiger partial charge in [0.05, 0.1) is 13.1 Å². The predicted molar refractivity (Wildman–Crippen MR) is 52.0 cm³/mol. The van der Waals surface area contributed by atoms with E-state index in [1.165, 1.54) is 17.0 Å². The average Bonchev–Trinajstić information content (AvgIpc) is 2.13. The zero-order valence-corrected chi connectivity index (χ0v) is 8.02. The minimum atomic E-state index is -0.436. The van der Waals surface area contributed by atoms with E-state index >= 15 is 0 Å². The lowest BCUT2D eigenvalue weighted by Gasteiger charge is -2.37. The molecule has 2 amide bonds. The second-order valence-corrected chi connectivity index (χ2v) is 3.44. The van der Waals surface area contributed by atoms with Gasteiger partial charge in [0.1, 0.15) is 17.7 Å². The molecular weight excluding hydrogens is 199 g/mol. The standard InChI is InChI=1S/C10H11FN2O2/c11-7-1-3-8(4-2-7)15-9-5-13(6-9)10(12)14/h1-4,9H,5-6H2,(H2,12,14). The Balaban J connectivity index is 1.85. The lowest BCUT2D eigenvalue weighted by atomic mass is 10.2. The van der Waals surface area contributed by atoms with Crippen molar-refractivity contribution < 1.29 is 13.9 Å². The molecule has 0 spiro atoms. The van der Waals surface area contributed by atoms with Gasteiger partial charge in [-0.1, -0.05) is 0 Å². The van der Waals surface area contributed by atoms with E-state index in [0.29, 0.717) is 18.8 Å². The quantitative estimate of drug-likeness (QED) is 0.790. The molecule has 0 aromatic heterocycles. The molecule has 5 heteroatoms. The van der Waals surface area contributed by atoms with Gasteiger partial charge < -0.3 is 15.4 Å². The number of rotatable bonds is 2. The molecule has 0 unspecified atom stereocenters. The first-order valence-electron chi connectivity index (χ1n) is 4.62. The van der Waals surface area contributed by atoms with E-state index in [2.05, 4.69) is 0 Å². The highest BCUT2D eigenvalue weighted by atomic mass is 19.1. The van der Waals surface area contributed by atoms with E-state index < -0.39 is 6.03 Å². The van der Waals surface area contributed by atoms with Gasteiger partial charge in [0, 0.05) is 0 Å². The third-order valence-electron chi connectivity index (χ3n) is 2.28. The van der Waals surface area contributed by atoms with E-state index in [1.807, 2.05) is 0 Å². The fraction of sp³-hybridized carbons (Fsp3) is 0.300. The van der Waals surface area contributed by atoms with Crippen molar-refractivity contribution in [1.82, 2.24) is 4.90 Å². The van der Waals surface area contributed by atoms with Gasteiger partial charge in [-0.2, -0.15) is 0 Å². The lowest BCUT2D eigenvalue weighted by Crippen LogP contribution is -2.57. The molecular formula is C10H11FN2O2. The van der Waals surface area contributed by atoms with E-state index in [-0.39, 0.29) is 11.9 Å². The van der Waals surface area contributed by atoms with Crippen molar-refractivity contribution in [3.8, 4) is 5.75 Å². The third kappa shape index (κ3) is 2.18. The zero-order valence-electron chi connectivity index (χ0n) is 8.02. The Morgan fingerprint density at radius 3 is 2.53 bits per heavy atom. The maximum Gasteiger partial charge on any atom is 0.315 e. The van der Waals surface area contributed by atoms with E-state index in [0.717, 1.165) is 0 Å². The van der Waals surface area contributed by atoms with Gasteiger partial charge in [-0.3, -0.25) is 0 Å². The van der Waals surface area contributed by atoms with Crippen LogP contribution in [0.1, 0.15) is 0 Å². The molecule has 0 bridgehead atoms. The number of primary amides is 1. The predicted octanol–water partition coefficient (Wildman–Crippen LogP) is 0.967. The van der Waals surface area contributed by atoms with E-state index in [9.17, 15) is 9.18 Å².